The van der Waals surface area contributed by atoms with Gasteiger partial charge >= 0.3 is 6.09 Å². The zero-order valence-corrected chi connectivity index (χ0v) is 11.0. The summed E-state index contributed by atoms with van der Waals surface area (Å²) in [6.45, 7) is 3.77. The molecule has 4 nitrogen and oxygen atoms in total. The van der Waals surface area contributed by atoms with Crippen molar-refractivity contribution in [1.82, 2.24) is 10.3 Å². The summed E-state index contributed by atoms with van der Waals surface area (Å²) >= 11 is 1.50. The Morgan fingerprint density at radius 2 is 2.06 bits per heavy atom. The summed E-state index contributed by atoms with van der Waals surface area (Å²) in [7, 11) is 0. The molecule has 1 N–H and O–H groups in total. The first-order valence-corrected chi connectivity index (χ1v) is 6.41. The summed E-state index contributed by atoms with van der Waals surface area (Å²) < 4.78 is 5.18. The maximum absolute atomic E-state index is 11.8. The quantitative estimate of drug-likeness (QED) is 0.924. The molecule has 5 heteroatoms. The van der Waals surface area contributed by atoms with Crippen LogP contribution in [0, 0.1) is 0 Å². The normalized spacial score (nSPS) is 11.0. The third-order valence-corrected chi connectivity index (χ3v) is 3.43. The Hall–Kier alpha value is -1.88. The molecule has 0 saturated carbocycles. The van der Waals surface area contributed by atoms with E-state index in [1.54, 1.807) is 18.3 Å². The zero-order chi connectivity index (χ0) is 13.0. The first kappa shape index (κ1) is 12.6. The van der Waals surface area contributed by atoms with Crippen LogP contribution in [0.3, 0.4) is 0 Å². The number of benzene rings is 1. The van der Waals surface area contributed by atoms with Gasteiger partial charge in [0.05, 0.1) is 5.54 Å². The van der Waals surface area contributed by atoms with Crippen molar-refractivity contribution in [1.29, 1.82) is 0 Å². The molecule has 0 atom stereocenters. The minimum absolute atomic E-state index is 0.485. The Kier molecular flexibility index (Phi) is 3.62. The highest BCUT2D eigenvalue weighted by molar-refractivity contribution is 7.09. The van der Waals surface area contributed by atoms with Gasteiger partial charge < -0.3 is 10.1 Å². The van der Waals surface area contributed by atoms with E-state index in [0.29, 0.717) is 5.75 Å². The van der Waals surface area contributed by atoms with Gasteiger partial charge in [-0.15, -0.1) is 11.3 Å². The molecule has 0 aliphatic carbocycles. The second-order valence-corrected chi connectivity index (χ2v) is 5.18. The number of nitrogens with zero attached hydrogens (tertiary/aromatic N) is 1. The van der Waals surface area contributed by atoms with Crippen LogP contribution in [0.4, 0.5) is 4.79 Å². The molecular weight excluding hydrogens is 248 g/mol. The molecule has 0 aliphatic heterocycles. The lowest BCUT2D eigenvalue weighted by molar-refractivity contribution is 0.188. The van der Waals surface area contributed by atoms with Gasteiger partial charge in [0.1, 0.15) is 10.8 Å². The molecule has 1 aromatic carbocycles. The van der Waals surface area contributed by atoms with Gasteiger partial charge in [-0.1, -0.05) is 18.2 Å². The predicted octanol–water partition coefficient (Wildman–Crippen LogP) is 3.17. The average Bonchev–Trinajstić information content (AvgIpc) is 2.83. The maximum atomic E-state index is 11.8. The first-order chi connectivity index (χ1) is 8.58. The van der Waals surface area contributed by atoms with Gasteiger partial charge in [-0.05, 0) is 26.0 Å². The molecule has 1 amide bonds. The minimum Gasteiger partial charge on any atom is -0.410 e. The molecule has 0 spiro atoms. The van der Waals surface area contributed by atoms with E-state index in [-0.39, 0.29) is 0 Å². The lowest BCUT2D eigenvalue weighted by Gasteiger charge is -2.23. The average molecular weight is 262 g/mol. The number of carbonyl (C=O) groups is 1. The molecular formula is C13H14N2O2S. The molecule has 0 saturated heterocycles. The van der Waals surface area contributed by atoms with Crippen molar-refractivity contribution in [3.63, 3.8) is 0 Å². The van der Waals surface area contributed by atoms with Gasteiger partial charge in [0.15, 0.2) is 0 Å². The molecule has 2 aromatic rings. The van der Waals surface area contributed by atoms with Crippen LogP contribution in [0.5, 0.6) is 5.75 Å². The van der Waals surface area contributed by atoms with E-state index in [1.807, 2.05) is 37.4 Å². The molecule has 0 aliphatic rings. The number of hydrogen-bond donors (Lipinski definition) is 1. The van der Waals surface area contributed by atoms with Crippen molar-refractivity contribution in [3.05, 3.63) is 46.9 Å². The Bertz CT molecular complexity index is 509. The number of para-hydroxylation sites is 1. The largest absolute Gasteiger partial charge is 0.413 e. The predicted molar refractivity (Wildman–Crippen MR) is 70.7 cm³/mol. The van der Waals surface area contributed by atoms with Crippen LogP contribution in [-0.2, 0) is 5.54 Å². The summed E-state index contributed by atoms with van der Waals surface area (Å²) in [5.74, 6) is 0.518. The fourth-order valence-electron chi connectivity index (χ4n) is 1.46. The second-order valence-electron chi connectivity index (χ2n) is 4.29. The summed E-state index contributed by atoms with van der Waals surface area (Å²) in [5, 5.41) is 5.51. The Morgan fingerprint density at radius 3 is 2.67 bits per heavy atom. The molecule has 0 bridgehead atoms. The summed E-state index contributed by atoms with van der Waals surface area (Å²) in [6, 6.07) is 8.96. The Labute approximate surface area is 110 Å². The van der Waals surface area contributed by atoms with Crippen molar-refractivity contribution in [2.45, 2.75) is 19.4 Å². The number of nitrogens with one attached hydrogen (secondary N) is 1. The third kappa shape index (κ3) is 3.07. The van der Waals surface area contributed by atoms with Gasteiger partial charge in [0.25, 0.3) is 0 Å². The third-order valence-electron chi connectivity index (χ3n) is 2.34. The standard InChI is InChI=1S/C13H14N2O2S/c1-13(2,11-14-8-9-18-11)15-12(16)17-10-6-4-3-5-7-10/h3-9H,1-2H3,(H,15,16). The van der Waals surface area contributed by atoms with E-state index in [9.17, 15) is 4.79 Å². The number of rotatable bonds is 3. The van der Waals surface area contributed by atoms with Crippen LogP contribution in [0.25, 0.3) is 0 Å². The molecule has 18 heavy (non-hydrogen) atoms. The smallest absolute Gasteiger partial charge is 0.410 e. The number of ether oxygens (including phenoxy) is 1. The SMILES string of the molecule is CC(C)(NC(=O)Oc1ccccc1)c1nccs1. The maximum Gasteiger partial charge on any atom is 0.413 e. The van der Waals surface area contributed by atoms with Gasteiger partial charge in [-0.25, -0.2) is 9.78 Å². The minimum atomic E-state index is -0.542. The van der Waals surface area contributed by atoms with Crippen LogP contribution in [0.1, 0.15) is 18.9 Å². The summed E-state index contributed by atoms with van der Waals surface area (Å²) in [6.07, 6.45) is 1.23. The van der Waals surface area contributed by atoms with E-state index in [0.717, 1.165) is 5.01 Å². The van der Waals surface area contributed by atoms with E-state index < -0.39 is 11.6 Å². The van der Waals surface area contributed by atoms with E-state index in [2.05, 4.69) is 10.3 Å². The van der Waals surface area contributed by atoms with Gasteiger partial charge in [0, 0.05) is 11.6 Å². The molecule has 1 heterocycles. The van der Waals surface area contributed by atoms with Crippen LogP contribution < -0.4 is 10.1 Å². The van der Waals surface area contributed by atoms with Crippen LogP contribution >= 0.6 is 11.3 Å². The zero-order valence-electron chi connectivity index (χ0n) is 10.2. The lowest BCUT2D eigenvalue weighted by atomic mass is 10.1. The van der Waals surface area contributed by atoms with Crippen LogP contribution in [0.2, 0.25) is 0 Å². The first-order valence-electron chi connectivity index (χ1n) is 5.53. The number of thiazole rings is 1. The second kappa shape index (κ2) is 5.18. The number of carbonyl (C=O) groups excluding carboxylic acids is 1. The monoisotopic (exact) mass is 262 g/mol. The van der Waals surface area contributed by atoms with E-state index in [4.69, 9.17) is 4.74 Å². The van der Waals surface area contributed by atoms with Gasteiger partial charge in [-0.2, -0.15) is 0 Å². The molecule has 2 rings (SSSR count). The van der Waals surface area contributed by atoms with E-state index in [1.165, 1.54) is 11.3 Å². The Balaban J connectivity index is 2.00. The van der Waals surface area contributed by atoms with Crippen molar-refractivity contribution >= 4 is 17.4 Å². The van der Waals surface area contributed by atoms with E-state index >= 15 is 0 Å². The van der Waals surface area contributed by atoms with Crippen molar-refractivity contribution in [2.24, 2.45) is 0 Å². The summed E-state index contributed by atoms with van der Waals surface area (Å²) in [5.41, 5.74) is -0.542. The molecule has 0 unspecified atom stereocenters. The van der Waals surface area contributed by atoms with Crippen LogP contribution in [-0.4, -0.2) is 11.1 Å². The molecule has 0 radical (unpaired) electrons. The molecule has 1 aromatic heterocycles. The number of amides is 1. The summed E-state index contributed by atoms with van der Waals surface area (Å²) in [4.78, 5) is 16.0. The fourth-order valence-corrected chi connectivity index (χ4v) is 2.18. The van der Waals surface area contributed by atoms with Crippen LogP contribution in [0.15, 0.2) is 41.9 Å². The van der Waals surface area contributed by atoms with Gasteiger partial charge in [-0.3, -0.25) is 0 Å². The highest BCUT2D eigenvalue weighted by Gasteiger charge is 2.26. The lowest BCUT2D eigenvalue weighted by Crippen LogP contribution is -2.42. The highest BCUT2D eigenvalue weighted by atomic mass is 32.1. The molecule has 94 valence electrons. The molecule has 0 fully saturated rings. The topological polar surface area (TPSA) is 51.2 Å². The number of hydrogen-bond acceptors (Lipinski definition) is 4. The van der Waals surface area contributed by atoms with Crippen molar-refractivity contribution in [3.8, 4) is 5.75 Å². The van der Waals surface area contributed by atoms with Crippen molar-refractivity contribution < 1.29 is 9.53 Å². The highest BCUT2D eigenvalue weighted by Crippen LogP contribution is 2.22. The number of aromatic nitrogens is 1. The fraction of sp³-hybridized carbons (Fsp3) is 0.231. The Morgan fingerprint density at radius 1 is 1.33 bits per heavy atom. The van der Waals surface area contributed by atoms with Crippen molar-refractivity contribution in [2.75, 3.05) is 0 Å². The van der Waals surface area contributed by atoms with Gasteiger partial charge in [0.2, 0.25) is 0 Å².